The van der Waals surface area contributed by atoms with Crippen molar-refractivity contribution in [1.29, 1.82) is 0 Å². The highest BCUT2D eigenvalue weighted by molar-refractivity contribution is 5.97. The molecule has 2 rings (SSSR count). The first kappa shape index (κ1) is 13.7. The van der Waals surface area contributed by atoms with Crippen molar-refractivity contribution in [3.63, 3.8) is 0 Å². The fraction of sp³-hybridized carbons (Fsp3) is 0.467. The molecule has 0 spiro atoms. The van der Waals surface area contributed by atoms with Crippen molar-refractivity contribution in [2.75, 3.05) is 13.1 Å². The van der Waals surface area contributed by atoms with E-state index in [0.717, 1.165) is 19.4 Å². The van der Waals surface area contributed by atoms with Gasteiger partial charge in [0.15, 0.2) is 5.78 Å². The van der Waals surface area contributed by atoms with Crippen LogP contribution in [-0.2, 0) is 4.79 Å². The van der Waals surface area contributed by atoms with Crippen LogP contribution in [0.25, 0.3) is 0 Å². The molecule has 1 aromatic rings. The molecule has 0 aliphatic carbocycles. The van der Waals surface area contributed by atoms with Gasteiger partial charge in [0.25, 0.3) is 0 Å². The van der Waals surface area contributed by atoms with Gasteiger partial charge in [-0.15, -0.1) is 0 Å². The molecule has 0 radical (unpaired) electrons. The number of benzene rings is 1. The second-order valence-corrected chi connectivity index (χ2v) is 4.91. The summed E-state index contributed by atoms with van der Waals surface area (Å²) in [7, 11) is 0. The average Bonchev–Trinajstić information content (AvgIpc) is 2.93. The van der Waals surface area contributed by atoms with Crippen molar-refractivity contribution in [3.8, 4) is 0 Å². The van der Waals surface area contributed by atoms with Crippen LogP contribution in [0.2, 0.25) is 0 Å². The number of nitrogens with two attached hydrogens (primary N) is 1. The van der Waals surface area contributed by atoms with Crippen LogP contribution in [0.3, 0.4) is 0 Å². The molecule has 1 atom stereocenters. The Balaban J connectivity index is 1.85. The molecule has 2 N–H and O–H groups in total. The molecule has 19 heavy (non-hydrogen) atoms. The molecule has 0 bridgehead atoms. The Morgan fingerprint density at radius 1 is 1.21 bits per heavy atom. The van der Waals surface area contributed by atoms with Crippen LogP contribution in [-0.4, -0.2) is 35.7 Å². The highest BCUT2D eigenvalue weighted by Crippen LogP contribution is 2.18. The molecular formula is C15H20N2O2. The van der Waals surface area contributed by atoms with Gasteiger partial charge in [-0.2, -0.15) is 0 Å². The minimum atomic E-state index is 0.0254. The molecule has 102 valence electrons. The van der Waals surface area contributed by atoms with Crippen molar-refractivity contribution < 1.29 is 9.59 Å². The molecular weight excluding hydrogens is 240 g/mol. The summed E-state index contributed by atoms with van der Waals surface area (Å²) < 4.78 is 0. The standard InChI is InChI=1S/C15H20N2O2/c16-11-13-7-4-10-17(13)15(19)9-8-14(18)12-5-2-1-3-6-12/h1-3,5-6,13H,4,7-11,16H2. The van der Waals surface area contributed by atoms with Crippen LogP contribution in [0.5, 0.6) is 0 Å². The second kappa shape index (κ2) is 6.48. The van der Waals surface area contributed by atoms with E-state index in [4.69, 9.17) is 5.73 Å². The highest BCUT2D eigenvalue weighted by Gasteiger charge is 2.27. The van der Waals surface area contributed by atoms with Crippen molar-refractivity contribution in [2.45, 2.75) is 31.7 Å². The first-order chi connectivity index (χ1) is 9.22. The Labute approximate surface area is 113 Å². The molecule has 0 aromatic heterocycles. The summed E-state index contributed by atoms with van der Waals surface area (Å²) in [5.74, 6) is 0.0784. The second-order valence-electron chi connectivity index (χ2n) is 4.91. The zero-order chi connectivity index (χ0) is 13.7. The molecule has 1 fully saturated rings. The Morgan fingerprint density at radius 3 is 2.63 bits per heavy atom. The largest absolute Gasteiger partial charge is 0.338 e. The molecule has 0 saturated carbocycles. The summed E-state index contributed by atoms with van der Waals surface area (Å²) in [4.78, 5) is 25.8. The molecule has 4 heteroatoms. The number of ketones is 1. The number of rotatable bonds is 5. The lowest BCUT2D eigenvalue weighted by molar-refractivity contribution is -0.131. The molecule has 1 aliphatic heterocycles. The van der Waals surface area contributed by atoms with Gasteiger partial charge in [0.1, 0.15) is 0 Å². The van der Waals surface area contributed by atoms with Crippen molar-refractivity contribution in [1.82, 2.24) is 4.90 Å². The van der Waals surface area contributed by atoms with Gasteiger partial charge < -0.3 is 10.6 Å². The minimum Gasteiger partial charge on any atom is -0.338 e. The van der Waals surface area contributed by atoms with Crippen LogP contribution in [0, 0.1) is 0 Å². The smallest absolute Gasteiger partial charge is 0.223 e. The zero-order valence-corrected chi connectivity index (χ0v) is 11.0. The van der Waals surface area contributed by atoms with Crippen LogP contribution in [0.15, 0.2) is 30.3 Å². The molecule has 1 unspecified atom stereocenters. The lowest BCUT2D eigenvalue weighted by Crippen LogP contribution is -2.39. The molecule has 1 saturated heterocycles. The van der Waals surface area contributed by atoms with E-state index < -0.39 is 0 Å². The van der Waals surface area contributed by atoms with E-state index in [0.29, 0.717) is 12.1 Å². The van der Waals surface area contributed by atoms with Gasteiger partial charge in [0.05, 0.1) is 0 Å². The monoisotopic (exact) mass is 260 g/mol. The van der Waals surface area contributed by atoms with Gasteiger partial charge in [-0.25, -0.2) is 0 Å². The minimum absolute atomic E-state index is 0.0254. The summed E-state index contributed by atoms with van der Waals surface area (Å²) in [6.07, 6.45) is 2.55. The lowest BCUT2D eigenvalue weighted by Gasteiger charge is -2.23. The molecule has 1 aliphatic rings. The van der Waals surface area contributed by atoms with Crippen LogP contribution < -0.4 is 5.73 Å². The molecule has 1 aromatic carbocycles. The third kappa shape index (κ3) is 3.41. The first-order valence-corrected chi connectivity index (χ1v) is 6.80. The number of carbonyl (C=O) groups excluding carboxylic acids is 2. The number of nitrogens with zero attached hydrogens (tertiary/aromatic N) is 1. The normalized spacial score (nSPS) is 18.6. The van der Waals surface area contributed by atoms with Crippen LogP contribution >= 0.6 is 0 Å². The lowest BCUT2D eigenvalue weighted by atomic mass is 10.1. The number of carbonyl (C=O) groups is 2. The number of Topliss-reactive ketones (excluding diaryl/α,β-unsaturated/α-hetero) is 1. The number of hydrogen-bond acceptors (Lipinski definition) is 3. The van der Waals surface area contributed by atoms with Crippen molar-refractivity contribution in [3.05, 3.63) is 35.9 Å². The van der Waals surface area contributed by atoms with Crippen LogP contribution in [0.4, 0.5) is 0 Å². The van der Waals surface area contributed by atoms with Gasteiger partial charge in [0, 0.05) is 37.5 Å². The van der Waals surface area contributed by atoms with E-state index in [2.05, 4.69) is 0 Å². The predicted molar refractivity (Wildman–Crippen MR) is 73.8 cm³/mol. The predicted octanol–water partition coefficient (Wildman–Crippen LogP) is 1.60. The summed E-state index contributed by atoms with van der Waals surface area (Å²) in [5, 5.41) is 0. The van der Waals surface area contributed by atoms with Crippen molar-refractivity contribution in [2.24, 2.45) is 5.73 Å². The van der Waals surface area contributed by atoms with E-state index in [1.807, 2.05) is 23.1 Å². The summed E-state index contributed by atoms with van der Waals surface area (Å²) >= 11 is 0. The van der Waals surface area contributed by atoms with E-state index in [-0.39, 0.29) is 30.6 Å². The molecule has 1 amide bonds. The highest BCUT2D eigenvalue weighted by atomic mass is 16.2. The maximum absolute atomic E-state index is 12.1. The van der Waals surface area contributed by atoms with Gasteiger partial charge >= 0.3 is 0 Å². The Kier molecular flexibility index (Phi) is 4.68. The van der Waals surface area contributed by atoms with Crippen molar-refractivity contribution >= 4 is 11.7 Å². The van der Waals surface area contributed by atoms with Gasteiger partial charge in [0.2, 0.25) is 5.91 Å². The fourth-order valence-electron chi connectivity index (χ4n) is 2.54. The maximum atomic E-state index is 12.1. The van der Waals surface area contributed by atoms with E-state index >= 15 is 0 Å². The Bertz CT molecular complexity index is 445. The zero-order valence-electron chi connectivity index (χ0n) is 11.0. The van der Waals surface area contributed by atoms with Gasteiger partial charge in [-0.3, -0.25) is 9.59 Å². The number of amides is 1. The first-order valence-electron chi connectivity index (χ1n) is 6.80. The summed E-state index contributed by atoms with van der Waals surface area (Å²) in [6, 6.07) is 9.27. The molecule has 4 nitrogen and oxygen atoms in total. The quantitative estimate of drug-likeness (QED) is 0.818. The number of likely N-dealkylation sites (tertiary alicyclic amines) is 1. The van der Waals surface area contributed by atoms with Gasteiger partial charge in [-0.05, 0) is 12.8 Å². The Hall–Kier alpha value is -1.68. The van der Waals surface area contributed by atoms with E-state index in [1.54, 1.807) is 12.1 Å². The SMILES string of the molecule is NCC1CCCN1C(=O)CCC(=O)c1ccccc1. The average molecular weight is 260 g/mol. The van der Waals surface area contributed by atoms with E-state index in [9.17, 15) is 9.59 Å². The summed E-state index contributed by atoms with van der Waals surface area (Å²) in [6.45, 7) is 1.29. The topological polar surface area (TPSA) is 63.4 Å². The maximum Gasteiger partial charge on any atom is 0.223 e. The Morgan fingerprint density at radius 2 is 1.95 bits per heavy atom. The molecule has 1 heterocycles. The third-order valence-corrected chi connectivity index (χ3v) is 3.63. The summed E-state index contributed by atoms with van der Waals surface area (Å²) in [5.41, 5.74) is 6.32. The fourth-order valence-corrected chi connectivity index (χ4v) is 2.54. The van der Waals surface area contributed by atoms with Gasteiger partial charge in [-0.1, -0.05) is 30.3 Å². The number of hydrogen-bond donors (Lipinski definition) is 1. The van der Waals surface area contributed by atoms with E-state index in [1.165, 1.54) is 0 Å². The third-order valence-electron chi connectivity index (χ3n) is 3.63. The van der Waals surface area contributed by atoms with Crippen LogP contribution in [0.1, 0.15) is 36.0 Å².